The lowest BCUT2D eigenvalue weighted by molar-refractivity contribution is -0.0630. The Labute approximate surface area is 237 Å². The summed E-state index contributed by atoms with van der Waals surface area (Å²) in [5.41, 5.74) is 2.40. The average Bonchev–Trinajstić information content (AvgIpc) is 3.38. The first-order valence-corrected chi connectivity index (χ1v) is 14.7. The van der Waals surface area contributed by atoms with E-state index in [1.165, 1.54) is 22.0 Å². The summed E-state index contributed by atoms with van der Waals surface area (Å²) in [6.45, 7) is 6.96. The van der Waals surface area contributed by atoms with E-state index < -0.39 is 11.0 Å². The van der Waals surface area contributed by atoms with Crippen LogP contribution in [0, 0.1) is 16.7 Å². The maximum absolute atomic E-state index is 13.7. The van der Waals surface area contributed by atoms with Crippen LogP contribution in [0.4, 0.5) is 0 Å². The van der Waals surface area contributed by atoms with Crippen molar-refractivity contribution in [3.63, 3.8) is 0 Å². The van der Waals surface area contributed by atoms with Crippen molar-refractivity contribution in [3.05, 3.63) is 132 Å². The van der Waals surface area contributed by atoms with E-state index in [4.69, 9.17) is 4.99 Å². The largest absolute Gasteiger partial charge is 0.379 e. The van der Waals surface area contributed by atoms with Crippen molar-refractivity contribution in [3.8, 4) is 0 Å². The number of nitrogens with zero attached hydrogens (tertiary/aromatic N) is 1. The number of aliphatic imine (C=N–C) groups is 1. The van der Waals surface area contributed by atoms with Crippen molar-refractivity contribution in [2.45, 2.75) is 51.7 Å². The molecule has 2 aliphatic rings. The third-order valence-electron chi connectivity index (χ3n) is 10.5. The molecular weight excluding hydrogens is 486 g/mol. The van der Waals surface area contributed by atoms with Gasteiger partial charge in [0.05, 0.1) is 11.5 Å². The van der Waals surface area contributed by atoms with Gasteiger partial charge < -0.3 is 5.11 Å². The molecule has 0 amide bonds. The molecule has 5 aromatic rings. The Morgan fingerprint density at radius 2 is 1.25 bits per heavy atom. The fraction of sp³-hybridized carbons (Fsp3) is 0.289. The maximum Gasteiger partial charge on any atom is 0.126 e. The summed E-state index contributed by atoms with van der Waals surface area (Å²) in [6.07, 6.45) is 2.96. The lowest BCUT2D eigenvalue weighted by atomic mass is 9.54. The van der Waals surface area contributed by atoms with Crippen LogP contribution in [0.5, 0.6) is 0 Å². The van der Waals surface area contributed by atoms with E-state index in [1.807, 2.05) is 0 Å². The topological polar surface area (TPSA) is 32.6 Å². The maximum atomic E-state index is 13.7. The van der Waals surface area contributed by atoms with E-state index in [0.29, 0.717) is 5.92 Å². The van der Waals surface area contributed by atoms with Crippen LogP contribution in [0.2, 0.25) is 0 Å². The second-order valence-corrected chi connectivity index (χ2v) is 12.6. The normalized spacial score (nSPS) is 23.7. The molecule has 0 heterocycles. The molecule has 2 bridgehead atoms. The van der Waals surface area contributed by atoms with Crippen LogP contribution in [0.1, 0.15) is 62.8 Å². The molecule has 2 fully saturated rings. The lowest BCUT2D eigenvalue weighted by Crippen LogP contribution is -2.55. The Morgan fingerprint density at radius 3 is 1.80 bits per heavy atom. The van der Waals surface area contributed by atoms with Crippen molar-refractivity contribution in [2.24, 2.45) is 21.7 Å². The molecule has 0 spiro atoms. The third-order valence-corrected chi connectivity index (χ3v) is 10.5. The molecule has 0 aromatic heterocycles. The second-order valence-electron chi connectivity index (χ2n) is 12.6. The van der Waals surface area contributed by atoms with Gasteiger partial charge in [-0.05, 0) is 87.9 Å². The number of hydrogen-bond acceptors (Lipinski definition) is 2. The van der Waals surface area contributed by atoms with Gasteiger partial charge in [-0.25, -0.2) is 0 Å². The zero-order chi connectivity index (χ0) is 27.5. The Kier molecular flexibility index (Phi) is 5.77. The van der Waals surface area contributed by atoms with Crippen LogP contribution in [-0.2, 0) is 5.60 Å². The number of aliphatic hydroxyl groups is 1. The summed E-state index contributed by atoms with van der Waals surface area (Å²) in [6, 6.07) is 40.6. The predicted molar refractivity (Wildman–Crippen MR) is 167 cm³/mol. The average molecular weight is 524 g/mol. The smallest absolute Gasteiger partial charge is 0.126 e. The monoisotopic (exact) mass is 523 g/mol. The van der Waals surface area contributed by atoms with Crippen molar-refractivity contribution in [2.75, 3.05) is 0 Å². The van der Waals surface area contributed by atoms with Gasteiger partial charge in [-0.3, -0.25) is 4.99 Å². The van der Waals surface area contributed by atoms with Gasteiger partial charge in [-0.2, -0.15) is 0 Å². The predicted octanol–water partition coefficient (Wildman–Crippen LogP) is 9.26. The molecule has 2 aliphatic carbocycles. The van der Waals surface area contributed by atoms with Crippen LogP contribution >= 0.6 is 0 Å². The first-order chi connectivity index (χ1) is 19.3. The van der Waals surface area contributed by atoms with Gasteiger partial charge in [0, 0.05) is 5.71 Å². The highest BCUT2D eigenvalue weighted by molar-refractivity contribution is 5.97. The summed E-state index contributed by atoms with van der Waals surface area (Å²) in [7, 11) is 0. The highest BCUT2D eigenvalue weighted by Crippen LogP contribution is 2.72. The summed E-state index contributed by atoms with van der Waals surface area (Å²) >= 11 is 0. The molecule has 5 aromatic carbocycles. The minimum absolute atomic E-state index is 0.0284. The minimum atomic E-state index is -1.24. The van der Waals surface area contributed by atoms with Crippen molar-refractivity contribution >= 4 is 27.3 Å². The van der Waals surface area contributed by atoms with E-state index >= 15 is 0 Å². The van der Waals surface area contributed by atoms with Gasteiger partial charge in [-0.1, -0.05) is 117 Å². The van der Waals surface area contributed by atoms with Crippen LogP contribution in [0.25, 0.3) is 21.5 Å². The second kappa shape index (κ2) is 9.14. The molecule has 1 N–H and O–H groups in total. The standard InChI is InChI=1S/C38H37NO/c1-26(27-11-5-4-6-12-27)39-35-25-32-21-22-37(35,36(32,2)3)38(40,33-19-17-28-13-7-9-15-30(28)23-33)34-20-18-29-14-8-10-16-31(29)24-34/h4-20,23-24,26,32,40H,21-22,25H2,1-3H3/t26-,32+,37+/m0/s1. The number of rotatable bonds is 5. The van der Waals surface area contributed by atoms with E-state index in [1.54, 1.807) is 0 Å². The van der Waals surface area contributed by atoms with Crippen LogP contribution < -0.4 is 0 Å². The summed E-state index contributed by atoms with van der Waals surface area (Å²) in [5, 5.41) is 18.3. The Bertz CT molecular complexity index is 1670. The van der Waals surface area contributed by atoms with Gasteiger partial charge in [0.1, 0.15) is 5.60 Å². The highest BCUT2D eigenvalue weighted by atomic mass is 16.3. The van der Waals surface area contributed by atoms with Crippen LogP contribution in [0.15, 0.2) is 120 Å². The van der Waals surface area contributed by atoms with Gasteiger partial charge in [0.25, 0.3) is 0 Å². The van der Waals surface area contributed by atoms with E-state index in [2.05, 4.69) is 136 Å². The van der Waals surface area contributed by atoms with Crippen LogP contribution in [-0.4, -0.2) is 10.8 Å². The lowest BCUT2D eigenvalue weighted by Gasteiger charge is -2.51. The SMILES string of the molecule is C[C@H](N=C1C[C@H]2CC[C@]1(C(O)(c1ccc3ccccc3c1)c1ccc3ccccc3c1)C2(C)C)c1ccccc1. The molecule has 0 unspecified atom stereocenters. The molecule has 2 saturated carbocycles. The highest BCUT2D eigenvalue weighted by Gasteiger charge is 2.71. The fourth-order valence-corrected chi connectivity index (χ4v) is 8.25. The quantitative estimate of drug-likeness (QED) is 0.245. The third kappa shape index (κ3) is 3.48. The summed E-state index contributed by atoms with van der Waals surface area (Å²) in [4.78, 5) is 5.50. The Morgan fingerprint density at radius 1 is 0.725 bits per heavy atom. The zero-order valence-corrected chi connectivity index (χ0v) is 23.6. The molecule has 0 saturated heterocycles. The Hall–Kier alpha value is -3.75. The molecule has 40 heavy (non-hydrogen) atoms. The first kappa shape index (κ1) is 25.2. The Balaban J connectivity index is 1.51. The number of benzene rings is 5. The molecule has 0 aliphatic heterocycles. The van der Waals surface area contributed by atoms with Gasteiger partial charge in [0.15, 0.2) is 0 Å². The van der Waals surface area contributed by atoms with Crippen molar-refractivity contribution < 1.29 is 5.11 Å². The number of hydrogen-bond donors (Lipinski definition) is 1. The summed E-state index contributed by atoms with van der Waals surface area (Å²) < 4.78 is 0. The van der Waals surface area contributed by atoms with Gasteiger partial charge in [0.2, 0.25) is 0 Å². The van der Waals surface area contributed by atoms with Crippen molar-refractivity contribution in [1.29, 1.82) is 0 Å². The minimum Gasteiger partial charge on any atom is -0.379 e. The molecule has 3 atom stereocenters. The fourth-order valence-electron chi connectivity index (χ4n) is 8.25. The van der Waals surface area contributed by atoms with Crippen molar-refractivity contribution in [1.82, 2.24) is 0 Å². The molecule has 0 radical (unpaired) electrons. The molecule has 2 nitrogen and oxygen atoms in total. The van der Waals surface area contributed by atoms with Gasteiger partial charge in [-0.15, -0.1) is 0 Å². The molecular formula is C38H37NO. The van der Waals surface area contributed by atoms with Crippen LogP contribution in [0.3, 0.4) is 0 Å². The van der Waals surface area contributed by atoms with E-state index in [0.717, 1.165) is 41.2 Å². The van der Waals surface area contributed by atoms with E-state index in [-0.39, 0.29) is 11.5 Å². The first-order valence-electron chi connectivity index (χ1n) is 14.7. The zero-order valence-electron chi connectivity index (χ0n) is 23.6. The summed E-state index contributed by atoms with van der Waals surface area (Å²) in [5.74, 6) is 0.488. The molecule has 2 heteroatoms. The molecule has 7 rings (SSSR count). The molecule has 200 valence electrons. The number of fused-ring (bicyclic) bond motifs is 4. The van der Waals surface area contributed by atoms with E-state index in [9.17, 15) is 5.11 Å². The van der Waals surface area contributed by atoms with Gasteiger partial charge >= 0.3 is 0 Å².